The zero-order valence-corrected chi connectivity index (χ0v) is 24.2. The zero-order valence-electron chi connectivity index (χ0n) is 24.2. The molecule has 1 atom stereocenters. The van der Waals surface area contributed by atoms with E-state index in [9.17, 15) is 18.8 Å². The number of nitrogens with one attached hydrogen (secondary N) is 2. The van der Waals surface area contributed by atoms with Crippen LogP contribution in [-0.2, 0) is 16.1 Å². The number of carbonyl (C=O) groups is 3. The van der Waals surface area contributed by atoms with Gasteiger partial charge in [-0.2, -0.15) is 9.97 Å². The van der Waals surface area contributed by atoms with Gasteiger partial charge in [-0.15, -0.1) is 10.8 Å². The molecule has 45 heavy (non-hydrogen) atoms. The number of halogens is 1. The number of ether oxygens (including phenoxy) is 1. The summed E-state index contributed by atoms with van der Waals surface area (Å²) in [7, 11) is 1.31. The maximum Gasteiger partial charge on any atom is 0.347 e. The molecule has 2 N–H and O–H groups in total. The molecule has 0 fully saturated rings. The largest absolute Gasteiger partial charge is 0.465 e. The molecule has 2 aliphatic carbocycles. The molecule has 4 aromatic rings. The second-order valence-corrected chi connectivity index (χ2v) is 10.3. The number of nitrogens with zero attached hydrogens (tertiary/aromatic N) is 5. The molecule has 2 amide bonds. The van der Waals surface area contributed by atoms with Gasteiger partial charge in [-0.25, -0.2) is 9.18 Å². The van der Waals surface area contributed by atoms with Gasteiger partial charge in [-0.05, 0) is 78.1 Å². The number of para-hydroxylation sites is 1. The van der Waals surface area contributed by atoms with E-state index in [0.29, 0.717) is 46.1 Å². The summed E-state index contributed by atoms with van der Waals surface area (Å²) in [6.45, 7) is 1.72. The minimum atomic E-state index is -0.609. The standard InChI is InChI=1S/C32H26FN7O5/c1-18-13-20(7-11-23(18)33)17-34-29(41)26-16-27(37-32(36-26)45-40-28-6-4-3-5-25(28)38-39-40)30(42)35-24-12-8-19-14-21(24)9-10-22(15-19)31(43)44-2/h3-7,9-11,13,15-16,24H,8,12,17H2,1-2H3,(H,34,41)(H,35,42)/t24-/m0/s1. The van der Waals surface area contributed by atoms with Crippen LogP contribution >= 0.6 is 0 Å². The molecule has 0 unspecified atom stereocenters. The molecule has 0 aliphatic heterocycles. The Morgan fingerprint density at radius 3 is 2.67 bits per heavy atom. The van der Waals surface area contributed by atoms with Crippen LogP contribution in [0.4, 0.5) is 4.39 Å². The summed E-state index contributed by atoms with van der Waals surface area (Å²) in [6.07, 6.45) is 6.15. The van der Waals surface area contributed by atoms with Crippen molar-refractivity contribution in [1.82, 2.24) is 35.8 Å². The average molecular weight is 608 g/mol. The Morgan fingerprint density at radius 2 is 1.87 bits per heavy atom. The number of carbonyl (C=O) groups excluding carboxylic acids is 3. The van der Waals surface area contributed by atoms with Crippen LogP contribution < -0.4 is 15.5 Å². The third-order valence-corrected chi connectivity index (χ3v) is 7.22. The highest BCUT2D eigenvalue weighted by Crippen LogP contribution is 2.26. The van der Waals surface area contributed by atoms with Gasteiger partial charge < -0.3 is 20.2 Å². The van der Waals surface area contributed by atoms with E-state index in [4.69, 9.17) is 9.57 Å². The predicted molar refractivity (Wildman–Crippen MR) is 158 cm³/mol. The van der Waals surface area contributed by atoms with Crippen LogP contribution in [0.2, 0.25) is 0 Å². The Morgan fingerprint density at radius 1 is 1.07 bits per heavy atom. The molecule has 13 heteroatoms. The molecular formula is C32H26FN7O5. The highest BCUT2D eigenvalue weighted by Gasteiger charge is 2.25. The Bertz CT molecular complexity index is 1990. The van der Waals surface area contributed by atoms with E-state index < -0.39 is 23.8 Å². The lowest BCUT2D eigenvalue weighted by Gasteiger charge is -2.21. The number of allylic oxidation sites excluding steroid dienone is 1. The Hall–Kier alpha value is -5.94. The van der Waals surface area contributed by atoms with Gasteiger partial charge in [0.15, 0.2) is 0 Å². The normalized spacial score (nSPS) is 15.4. The number of amides is 2. The van der Waals surface area contributed by atoms with Crippen LogP contribution in [0.25, 0.3) is 11.0 Å². The number of fused-ring (bicyclic) bond motifs is 1. The van der Waals surface area contributed by atoms with E-state index in [-0.39, 0.29) is 29.8 Å². The molecule has 2 bridgehead atoms. The van der Waals surface area contributed by atoms with Crippen LogP contribution in [0.5, 0.6) is 6.01 Å². The monoisotopic (exact) mass is 607 g/mol. The van der Waals surface area contributed by atoms with Crippen molar-refractivity contribution in [1.29, 1.82) is 0 Å². The summed E-state index contributed by atoms with van der Waals surface area (Å²) in [6, 6.07) is 12.1. The van der Waals surface area contributed by atoms with Crippen molar-refractivity contribution in [3.8, 4) is 6.01 Å². The first-order chi connectivity index (χ1) is 21.8. The van der Waals surface area contributed by atoms with Crippen LogP contribution in [0.15, 0.2) is 89.2 Å². The van der Waals surface area contributed by atoms with Crippen molar-refractivity contribution in [2.75, 3.05) is 7.11 Å². The first-order valence-corrected chi connectivity index (χ1v) is 14.0. The SMILES string of the molecule is COC(=O)C1=CC2=C=C(C=C1)[C@@H](NC(=O)c1cc(C(=O)NCc3ccc(F)c(C)c3)nc(On3nnc4ccccc43)n1)CC2. The van der Waals surface area contributed by atoms with Gasteiger partial charge in [-0.3, -0.25) is 9.59 Å². The maximum atomic E-state index is 13.7. The van der Waals surface area contributed by atoms with Crippen molar-refractivity contribution >= 4 is 28.8 Å². The molecule has 2 heterocycles. The molecule has 226 valence electrons. The number of hydrogen-bond acceptors (Lipinski definition) is 9. The van der Waals surface area contributed by atoms with Gasteiger partial charge in [0.1, 0.15) is 28.2 Å². The van der Waals surface area contributed by atoms with Gasteiger partial charge in [0, 0.05) is 18.2 Å². The summed E-state index contributed by atoms with van der Waals surface area (Å²) in [4.78, 5) is 54.2. The van der Waals surface area contributed by atoms with Gasteiger partial charge >= 0.3 is 12.0 Å². The molecule has 0 spiro atoms. The van der Waals surface area contributed by atoms with Crippen molar-refractivity contribution in [3.05, 3.63) is 118 Å². The summed E-state index contributed by atoms with van der Waals surface area (Å²) in [5.74, 6) is -2.01. The Balaban J connectivity index is 1.26. The first-order valence-electron chi connectivity index (χ1n) is 14.0. The highest BCUT2D eigenvalue weighted by molar-refractivity contribution is 5.98. The number of esters is 1. The fourth-order valence-electron chi connectivity index (χ4n) is 4.88. The van der Waals surface area contributed by atoms with Gasteiger partial charge in [0.25, 0.3) is 11.8 Å². The molecule has 0 saturated carbocycles. The third kappa shape index (κ3) is 6.38. The lowest BCUT2D eigenvalue weighted by molar-refractivity contribution is -0.135. The van der Waals surface area contributed by atoms with E-state index in [1.165, 1.54) is 19.2 Å². The smallest absolute Gasteiger partial charge is 0.347 e. The van der Waals surface area contributed by atoms with Gasteiger partial charge in [0.2, 0.25) is 0 Å². The second-order valence-electron chi connectivity index (χ2n) is 10.3. The lowest BCUT2D eigenvalue weighted by atomic mass is 9.94. The number of aromatic nitrogens is 5. The topological polar surface area (TPSA) is 150 Å². The number of benzene rings is 2. The number of aryl methyl sites for hydroxylation is 1. The van der Waals surface area contributed by atoms with Crippen LogP contribution in [0.1, 0.15) is 44.9 Å². The average Bonchev–Trinajstić information content (AvgIpc) is 3.36. The molecule has 2 aromatic carbocycles. The zero-order chi connectivity index (χ0) is 31.5. The van der Waals surface area contributed by atoms with Crippen LogP contribution in [0, 0.1) is 12.7 Å². The van der Waals surface area contributed by atoms with E-state index in [1.807, 2.05) is 0 Å². The highest BCUT2D eigenvalue weighted by atomic mass is 19.1. The van der Waals surface area contributed by atoms with Crippen molar-refractivity contribution in [3.63, 3.8) is 0 Å². The minimum Gasteiger partial charge on any atom is -0.465 e. The molecule has 0 radical (unpaired) electrons. The van der Waals surface area contributed by atoms with Crippen LogP contribution in [0.3, 0.4) is 0 Å². The van der Waals surface area contributed by atoms with Crippen molar-refractivity contribution in [2.45, 2.75) is 32.4 Å². The molecule has 2 aromatic heterocycles. The molecular weight excluding hydrogens is 581 g/mol. The summed E-state index contributed by atoms with van der Waals surface area (Å²) in [5, 5.41) is 13.7. The Kier molecular flexibility index (Phi) is 8.00. The summed E-state index contributed by atoms with van der Waals surface area (Å²) in [5.41, 5.74) is 7.04. The van der Waals surface area contributed by atoms with Gasteiger partial charge in [0.05, 0.1) is 18.7 Å². The maximum absolute atomic E-state index is 13.7. The van der Waals surface area contributed by atoms with E-state index in [2.05, 4.69) is 36.6 Å². The number of methoxy groups -OCH3 is 1. The number of rotatable bonds is 8. The first kappa shape index (κ1) is 29.1. The third-order valence-electron chi connectivity index (χ3n) is 7.22. The molecule has 2 aliphatic rings. The van der Waals surface area contributed by atoms with E-state index in [1.54, 1.807) is 61.5 Å². The number of hydrogen-bond donors (Lipinski definition) is 2. The van der Waals surface area contributed by atoms with Crippen molar-refractivity contribution < 1.29 is 28.3 Å². The van der Waals surface area contributed by atoms with E-state index in [0.717, 1.165) is 10.4 Å². The second kappa shape index (κ2) is 12.3. The molecule has 0 saturated heterocycles. The fourth-order valence-corrected chi connectivity index (χ4v) is 4.88. The fraction of sp³-hybridized carbons (Fsp3) is 0.188. The summed E-state index contributed by atoms with van der Waals surface area (Å²) >= 11 is 0. The summed E-state index contributed by atoms with van der Waals surface area (Å²) < 4.78 is 18.5. The van der Waals surface area contributed by atoms with E-state index >= 15 is 0 Å². The van der Waals surface area contributed by atoms with Gasteiger partial charge in [-0.1, -0.05) is 29.1 Å². The predicted octanol–water partition coefficient (Wildman–Crippen LogP) is 3.45. The quantitative estimate of drug-likeness (QED) is 0.227. The lowest BCUT2D eigenvalue weighted by Crippen LogP contribution is -2.37. The van der Waals surface area contributed by atoms with Crippen LogP contribution in [-0.4, -0.2) is 56.1 Å². The van der Waals surface area contributed by atoms with Crippen molar-refractivity contribution in [2.24, 2.45) is 0 Å². The Labute approximate surface area is 255 Å². The molecule has 6 rings (SSSR count). The molecule has 12 nitrogen and oxygen atoms in total. The minimum absolute atomic E-state index is 0.0915.